The highest BCUT2D eigenvalue weighted by Crippen LogP contribution is 2.28. The van der Waals surface area contributed by atoms with Crippen LogP contribution in [0.1, 0.15) is 25.7 Å². The minimum Gasteiger partial charge on any atom is -0.352 e. The van der Waals surface area contributed by atoms with Crippen molar-refractivity contribution in [2.75, 3.05) is 11.4 Å². The van der Waals surface area contributed by atoms with E-state index in [1.54, 1.807) is 6.07 Å². The van der Waals surface area contributed by atoms with E-state index in [2.05, 4.69) is 10.3 Å². The molecule has 1 aliphatic carbocycles. The molecule has 0 spiro atoms. The summed E-state index contributed by atoms with van der Waals surface area (Å²) in [4.78, 5) is 29.5. The van der Waals surface area contributed by atoms with Gasteiger partial charge in [0.1, 0.15) is 11.9 Å². The Morgan fingerprint density at radius 2 is 2.08 bits per heavy atom. The van der Waals surface area contributed by atoms with Crippen LogP contribution < -0.4 is 10.2 Å². The van der Waals surface area contributed by atoms with E-state index in [0.717, 1.165) is 43.4 Å². The Bertz CT molecular complexity index is 819. The number of carbonyl (C=O) groups is 1. The average molecular weight is 326 g/mol. The summed E-state index contributed by atoms with van der Waals surface area (Å²) in [5.74, 6) is 0.838. The van der Waals surface area contributed by atoms with Crippen molar-refractivity contribution in [2.24, 2.45) is 0 Å². The van der Waals surface area contributed by atoms with E-state index in [9.17, 15) is 14.9 Å². The number of nitrogens with zero attached hydrogens (tertiary/aromatic N) is 3. The standard InChI is InChI=1S/C17H18N4O3/c22-17(18-12-4-5-12)15-2-1-9-20(15)16-8-3-11-10-13(21(23)24)6-7-14(11)19-16/h3,6-8,10,12,15H,1-2,4-5,9H2,(H,18,22)/t15-/m0/s1. The zero-order chi connectivity index (χ0) is 16.7. The topological polar surface area (TPSA) is 88.4 Å². The molecule has 2 aliphatic rings. The Morgan fingerprint density at radius 1 is 1.25 bits per heavy atom. The number of aromatic nitrogens is 1. The van der Waals surface area contributed by atoms with Gasteiger partial charge in [0.25, 0.3) is 5.69 Å². The van der Waals surface area contributed by atoms with Crippen LogP contribution in [0.25, 0.3) is 10.9 Å². The lowest BCUT2D eigenvalue weighted by atomic mass is 10.2. The Hall–Kier alpha value is -2.70. The second-order valence-corrected chi connectivity index (χ2v) is 6.44. The van der Waals surface area contributed by atoms with Crippen LogP contribution in [-0.4, -0.2) is 34.4 Å². The molecule has 1 aliphatic heterocycles. The monoisotopic (exact) mass is 326 g/mol. The summed E-state index contributed by atoms with van der Waals surface area (Å²) >= 11 is 0. The summed E-state index contributed by atoms with van der Waals surface area (Å²) < 4.78 is 0. The molecule has 2 fully saturated rings. The van der Waals surface area contributed by atoms with E-state index in [-0.39, 0.29) is 17.6 Å². The molecule has 7 nitrogen and oxygen atoms in total. The first-order valence-corrected chi connectivity index (χ1v) is 8.24. The fourth-order valence-corrected chi connectivity index (χ4v) is 3.21. The summed E-state index contributed by atoms with van der Waals surface area (Å²) in [6.07, 6.45) is 3.94. The van der Waals surface area contributed by atoms with E-state index in [1.807, 2.05) is 17.0 Å². The summed E-state index contributed by atoms with van der Waals surface area (Å²) in [6.45, 7) is 0.800. The van der Waals surface area contributed by atoms with Gasteiger partial charge < -0.3 is 10.2 Å². The molecule has 2 aromatic rings. The van der Waals surface area contributed by atoms with Crippen LogP contribution in [0.15, 0.2) is 30.3 Å². The molecule has 1 amide bonds. The third kappa shape index (κ3) is 2.77. The summed E-state index contributed by atoms with van der Waals surface area (Å²) in [5.41, 5.74) is 0.756. The highest BCUT2D eigenvalue weighted by Gasteiger charge is 2.34. The van der Waals surface area contributed by atoms with E-state index in [0.29, 0.717) is 11.6 Å². The van der Waals surface area contributed by atoms with Gasteiger partial charge in [-0.15, -0.1) is 0 Å². The minimum absolute atomic E-state index is 0.0555. The van der Waals surface area contributed by atoms with Crippen LogP contribution in [0.5, 0.6) is 0 Å². The van der Waals surface area contributed by atoms with Crippen molar-refractivity contribution in [1.29, 1.82) is 0 Å². The van der Waals surface area contributed by atoms with Crippen molar-refractivity contribution in [2.45, 2.75) is 37.8 Å². The number of hydrogen-bond acceptors (Lipinski definition) is 5. The third-order valence-corrected chi connectivity index (χ3v) is 4.64. The first-order chi connectivity index (χ1) is 11.6. The van der Waals surface area contributed by atoms with Gasteiger partial charge in [0, 0.05) is 30.1 Å². The van der Waals surface area contributed by atoms with Gasteiger partial charge in [0.2, 0.25) is 5.91 Å². The molecule has 1 atom stereocenters. The van der Waals surface area contributed by atoms with Crippen LogP contribution in [0.2, 0.25) is 0 Å². The van der Waals surface area contributed by atoms with Crippen LogP contribution in [0.4, 0.5) is 11.5 Å². The number of carbonyl (C=O) groups excluding carboxylic acids is 1. The minimum atomic E-state index is -0.411. The lowest BCUT2D eigenvalue weighted by molar-refractivity contribution is -0.384. The molecular formula is C17H18N4O3. The largest absolute Gasteiger partial charge is 0.352 e. The first kappa shape index (κ1) is 14.9. The number of rotatable bonds is 4. The van der Waals surface area contributed by atoms with Crippen molar-refractivity contribution in [3.05, 3.63) is 40.4 Å². The Balaban J connectivity index is 1.61. The van der Waals surface area contributed by atoms with Crippen molar-refractivity contribution in [3.8, 4) is 0 Å². The fraction of sp³-hybridized carbons (Fsp3) is 0.412. The van der Waals surface area contributed by atoms with Gasteiger partial charge in [0.05, 0.1) is 10.4 Å². The fourth-order valence-electron chi connectivity index (χ4n) is 3.21. The molecular weight excluding hydrogens is 308 g/mol. The Morgan fingerprint density at radius 3 is 2.83 bits per heavy atom. The van der Waals surface area contributed by atoms with Crippen LogP contribution in [0, 0.1) is 10.1 Å². The lowest BCUT2D eigenvalue weighted by Gasteiger charge is -2.25. The van der Waals surface area contributed by atoms with Crippen LogP contribution in [-0.2, 0) is 4.79 Å². The molecule has 124 valence electrons. The molecule has 2 heterocycles. The molecule has 1 aromatic heterocycles. The zero-order valence-electron chi connectivity index (χ0n) is 13.1. The number of fused-ring (bicyclic) bond motifs is 1. The molecule has 0 radical (unpaired) electrons. The maximum atomic E-state index is 12.4. The molecule has 1 saturated heterocycles. The van der Waals surface area contributed by atoms with E-state index in [4.69, 9.17) is 0 Å². The quantitative estimate of drug-likeness (QED) is 0.688. The van der Waals surface area contributed by atoms with Crippen molar-refractivity contribution >= 4 is 28.3 Å². The van der Waals surface area contributed by atoms with Crippen LogP contribution >= 0.6 is 0 Å². The average Bonchev–Trinajstić information content (AvgIpc) is 3.25. The van der Waals surface area contributed by atoms with Crippen molar-refractivity contribution in [3.63, 3.8) is 0 Å². The zero-order valence-corrected chi connectivity index (χ0v) is 13.1. The number of nitro benzene ring substituents is 1. The van der Waals surface area contributed by atoms with Crippen molar-refractivity contribution < 1.29 is 9.72 Å². The number of nitrogens with one attached hydrogen (secondary N) is 1. The maximum Gasteiger partial charge on any atom is 0.270 e. The van der Waals surface area contributed by atoms with Gasteiger partial charge in [-0.05, 0) is 43.9 Å². The molecule has 4 rings (SSSR count). The number of amides is 1. The Labute approximate surface area is 138 Å². The number of pyridine rings is 1. The Kier molecular flexibility index (Phi) is 3.55. The highest BCUT2D eigenvalue weighted by molar-refractivity contribution is 5.87. The number of benzene rings is 1. The number of nitro groups is 1. The molecule has 0 unspecified atom stereocenters. The summed E-state index contributed by atoms with van der Waals surface area (Å²) in [6, 6.07) is 8.49. The predicted octanol–water partition coefficient (Wildman–Crippen LogP) is 2.39. The van der Waals surface area contributed by atoms with Gasteiger partial charge in [-0.3, -0.25) is 14.9 Å². The van der Waals surface area contributed by atoms with Gasteiger partial charge >= 0.3 is 0 Å². The first-order valence-electron chi connectivity index (χ1n) is 8.24. The second-order valence-electron chi connectivity index (χ2n) is 6.44. The molecule has 24 heavy (non-hydrogen) atoms. The molecule has 7 heteroatoms. The molecule has 1 aromatic carbocycles. The number of anilines is 1. The van der Waals surface area contributed by atoms with E-state index >= 15 is 0 Å². The molecule has 0 bridgehead atoms. The summed E-state index contributed by atoms with van der Waals surface area (Å²) in [7, 11) is 0. The van der Waals surface area contributed by atoms with E-state index in [1.165, 1.54) is 12.1 Å². The predicted molar refractivity (Wildman–Crippen MR) is 89.9 cm³/mol. The third-order valence-electron chi connectivity index (χ3n) is 4.64. The SMILES string of the molecule is O=C(NC1CC1)[C@@H]1CCCN1c1ccc2cc([N+](=O)[O-])ccc2n1. The van der Waals surface area contributed by atoms with Gasteiger partial charge in [0.15, 0.2) is 0 Å². The molecule has 1 N–H and O–H groups in total. The van der Waals surface area contributed by atoms with E-state index < -0.39 is 4.92 Å². The highest BCUT2D eigenvalue weighted by atomic mass is 16.6. The maximum absolute atomic E-state index is 12.4. The van der Waals surface area contributed by atoms with Crippen molar-refractivity contribution in [1.82, 2.24) is 10.3 Å². The van der Waals surface area contributed by atoms with Gasteiger partial charge in [-0.1, -0.05) is 0 Å². The number of non-ortho nitro benzene ring substituents is 1. The van der Waals surface area contributed by atoms with Gasteiger partial charge in [-0.2, -0.15) is 0 Å². The smallest absolute Gasteiger partial charge is 0.270 e. The summed E-state index contributed by atoms with van der Waals surface area (Å²) in [5, 5.41) is 14.7. The number of hydrogen-bond donors (Lipinski definition) is 1. The van der Waals surface area contributed by atoms with Crippen LogP contribution in [0.3, 0.4) is 0 Å². The second kappa shape index (κ2) is 5.74. The van der Waals surface area contributed by atoms with Gasteiger partial charge in [-0.25, -0.2) is 4.98 Å². The lowest BCUT2D eigenvalue weighted by Crippen LogP contribution is -2.44. The normalized spacial score (nSPS) is 20.3. The molecule has 1 saturated carbocycles.